The monoisotopic (exact) mass is 302 g/mol. The maximum atomic E-state index is 13.1. The highest BCUT2D eigenvalue weighted by molar-refractivity contribution is 9.09. The van der Waals surface area contributed by atoms with E-state index in [0.29, 0.717) is 25.0 Å². The molecule has 0 aliphatic heterocycles. The topological polar surface area (TPSA) is 26.3 Å². The summed E-state index contributed by atoms with van der Waals surface area (Å²) < 4.78 is 17.9. The highest BCUT2D eigenvalue weighted by Gasteiger charge is 2.12. The summed E-state index contributed by atoms with van der Waals surface area (Å²) in [4.78, 5) is 11.3. The van der Waals surface area contributed by atoms with E-state index in [9.17, 15) is 9.18 Å². The van der Waals surface area contributed by atoms with Crippen LogP contribution >= 0.6 is 15.9 Å². The summed E-state index contributed by atoms with van der Waals surface area (Å²) >= 11 is 3.43. The quantitative estimate of drug-likeness (QED) is 0.615. The Bertz CT molecular complexity index is 393. The van der Waals surface area contributed by atoms with Gasteiger partial charge < -0.3 is 4.74 Å². The molecule has 0 radical (unpaired) electrons. The van der Waals surface area contributed by atoms with Gasteiger partial charge in [0, 0.05) is 4.83 Å². The van der Waals surface area contributed by atoms with Crippen molar-refractivity contribution < 1.29 is 13.9 Å². The van der Waals surface area contributed by atoms with Crippen LogP contribution in [-0.4, -0.2) is 17.4 Å². The van der Waals surface area contributed by atoms with Crippen molar-refractivity contribution in [2.45, 2.75) is 31.5 Å². The van der Waals surface area contributed by atoms with Crippen molar-refractivity contribution in [3.05, 3.63) is 35.1 Å². The van der Waals surface area contributed by atoms with E-state index < -0.39 is 0 Å². The second-order valence-electron chi connectivity index (χ2n) is 3.89. The van der Waals surface area contributed by atoms with Crippen LogP contribution in [0.15, 0.2) is 18.2 Å². The molecule has 1 aromatic rings. The number of ether oxygens (including phenoxy) is 1. The standard InChI is InChI=1S/C13H16BrFO2/c1-3-17-13(16)8-11(14)7-10-4-5-12(15)9(2)6-10/h4-6,11H,3,7-8H2,1-2H3. The zero-order chi connectivity index (χ0) is 12.8. The Hall–Kier alpha value is -0.900. The zero-order valence-corrected chi connectivity index (χ0v) is 11.6. The second kappa shape index (κ2) is 6.74. The molecular formula is C13H16BrFO2. The molecule has 0 aliphatic carbocycles. The molecule has 0 N–H and O–H groups in total. The van der Waals surface area contributed by atoms with E-state index in [1.807, 2.05) is 0 Å². The lowest BCUT2D eigenvalue weighted by Crippen LogP contribution is -2.13. The van der Waals surface area contributed by atoms with E-state index >= 15 is 0 Å². The van der Waals surface area contributed by atoms with Crippen molar-refractivity contribution in [1.82, 2.24) is 0 Å². The van der Waals surface area contributed by atoms with E-state index in [4.69, 9.17) is 4.74 Å². The van der Waals surface area contributed by atoms with Crippen LogP contribution in [0.3, 0.4) is 0 Å². The average molecular weight is 303 g/mol. The van der Waals surface area contributed by atoms with Gasteiger partial charge in [-0.25, -0.2) is 4.39 Å². The van der Waals surface area contributed by atoms with Gasteiger partial charge in [0.25, 0.3) is 0 Å². The summed E-state index contributed by atoms with van der Waals surface area (Å²) in [6.07, 6.45) is 1.00. The molecule has 0 saturated heterocycles. The van der Waals surface area contributed by atoms with Gasteiger partial charge in [0.15, 0.2) is 0 Å². The molecule has 0 bridgehead atoms. The minimum Gasteiger partial charge on any atom is -0.466 e. The molecule has 0 amide bonds. The van der Waals surface area contributed by atoms with Crippen molar-refractivity contribution in [3.63, 3.8) is 0 Å². The number of carbonyl (C=O) groups is 1. The summed E-state index contributed by atoms with van der Waals surface area (Å²) in [5, 5.41) is 0. The summed E-state index contributed by atoms with van der Waals surface area (Å²) in [5.41, 5.74) is 1.63. The van der Waals surface area contributed by atoms with Gasteiger partial charge in [0.1, 0.15) is 5.82 Å². The zero-order valence-electron chi connectivity index (χ0n) is 10.0. The Labute approximate surface area is 109 Å². The molecule has 1 rings (SSSR count). The second-order valence-corrected chi connectivity index (χ2v) is 5.19. The van der Waals surface area contributed by atoms with Crippen molar-refractivity contribution in [1.29, 1.82) is 0 Å². The van der Waals surface area contributed by atoms with Crippen LogP contribution in [-0.2, 0) is 16.0 Å². The normalized spacial score (nSPS) is 12.2. The Morgan fingerprint density at radius 1 is 1.53 bits per heavy atom. The molecule has 1 unspecified atom stereocenters. The number of aryl methyl sites for hydroxylation is 1. The third kappa shape index (κ3) is 4.86. The van der Waals surface area contributed by atoms with Gasteiger partial charge in [-0.1, -0.05) is 28.1 Å². The fourth-order valence-electron chi connectivity index (χ4n) is 1.56. The molecule has 0 heterocycles. The Morgan fingerprint density at radius 2 is 2.24 bits per heavy atom. The SMILES string of the molecule is CCOC(=O)CC(Br)Cc1ccc(F)c(C)c1. The number of carbonyl (C=O) groups excluding carboxylic acids is 1. The van der Waals surface area contributed by atoms with E-state index in [1.165, 1.54) is 6.07 Å². The van der Waals surface area contributed by atoms with Crippen molar-refractivity contribution in [2.75, 3.05) is 6.61 Å². The molecule has 0 fully saturated rings. The first kappa shape index (κ1) is 14.2. The Kier molecular flexibility index (Phi) is 5.62. The summed E-state index contributed by atoms with van der Waals surface area (Å²) in [6.45, 7) is 3.91. The van der Waals surface area contributed by atoms with Crippen LogP contribution in [0.1, 0.15) is 24.5 Å². The van der Waals surface area contributed by atoms with E-state index in [-0.39, 0.29) is 16.6 Å². The minimum absolute atomic E-state index is 0.0198. The Morgan fingerprint density at radius 3 is 2.82 bits per heavy atom. The first-order valence-corrected chi connectivity index (χ1v) is 6.49. The highest BCUT2D eigenvalue weighted by atomic mass is 79.9. The number of rotatable bonds is 5. The third-order valence-electron chi connectivity index (χ3n) is 2.37. The van der Waals surface area contributed by atoms with Gasteiger partial charge in [0.2, 0.25) is 0 Å². The molecule has 94 valence electrons. The molecule has 0 spiro atoms. The maximum absolute atomic E-state index is 13.1. The number of benzene rings is 1. The van der Waals surface area contributed by atoms with Gasteiger partial charge in [-0.15, -0.1) is 0 Å². The smallest absolute Gasteiger partial charge is 0.306 e. The van der Waals surface area contributed by atoms with E-state index in [0.717, 1.165) is 5.56 Å². The van der Waals surface area contributed by atoms with E-state index in [1.54, 1.807) is 26.0 Å². The molecule has 4 heteroatoms. The fraction of sp³-hybridized carbons (Fsp3) is 0.462. The molecule has 1 aromatic carbocycles. The molecule has 2 nitrogen and oxygen atoms in total. The predicted octanol–water partition coefficient (Wildman–Crippen LogP) is 3.39. The van der Waals surface area contributed by atoms with Crippen LogP contribution in [0.2, 0.25) is 0 Å². The molecule has 0 aliphatic rings. The summed E-state index contributed by atoms with van der Waals surface area (Å²) in [6, 6.07) is 4.99. The van der Waals surface area contributed by atoms with Crippen LogP contribution < -0.4 is 0 Å². The number of esters is 1. The molecule has 0 aromatic heterocycles. The van der Waals surface area contributed by atoms with Gasteiger partial charge in [-0.2, -0.15) is 0 Å². The number of halogens is 2. The van der Waals surface area contributed by atoms with Crippen LogP contribution in [0.25, 0.3) is 0 Å². The van der Waals surface area contributed by atoms with Crippen molar-refractivity contribution in [3.8, 4) is 0 Å². The van der Waals surface area contributed by atoms with Gasteiger partial charge >= 0.3 is 5.97 Å². The van der Waals surface area contributed by atoms with Gasteiger partial charge in [0.05, 0.1) is 13.0 Å². The van der Waals surface area contributed by atoms with Crippen LogP contribution in [0, 0.1) is 12.7 Å². The van der Waals surface area contributed by atoms with Gasteiger partial charge in [-0.05, 0) is 37.5 Å². The maximum Gasteiger partial charge on any atom is 0.306 e. The fourth-order valence-corrected chi connectivity index (χ4v) is 2.20. The lowest BCUT2D eigenvalue weighted by atomic mass is 10.1. The molecule has 1 atom stereocenters. The lowest BCUT2D eigenvalue weighted by Gasteiger charge is -2.10. The Balaban J connectivity index is 2.53. The van der Waals surface area contributed by atoms with E-state index in [2.05, 4.69) is 15.9 Å². The summed E-state index contributed by atoms with van der Waals surface area (Å²) in [5.74, 6) is -0.418. The first-order valence-electron chi connectivity index (χ1n) is 5.57. The first-order chi connectivity index (χ1) is 8.02. The summed E-state index contributed by atoms with van der Waals surface area (Å²) in [7, 11) is 0. The largest absolute Gasteiger partial charge is 0.466 e. The number of hydrogen-bond donors (Lipinski definition) is 0. The number of alkyl halides is 1. The predicted molar refractivity (Wildman–Crippen MR) is 68.8 cm³/mol. The lowest BCUT2D eigenvalue weighted by molar-refractivity contribution is -0.143. The highest BCUT2D eigenvalue weighted by Crippen LogP contribution is 2.16. The molecule has 0 saturated carbocycles. The average Bonchev–Trinajstić information content (AvgIpc) is 2.23. The van der Waals surface area contributed by atoms with Crippen molar-refractivity contribution >= 4 is 21.9 Å². The van der Waals surface area contributed by atoms with Crippen LogP contribution in [0.4, 0.5) is 4.39 Å². The number of hydrogen-bond acceptors (Lipinski definition) is 2. The third-order valence-corrected chi connectivity index (χ3v) is 3.02. The van der Waals surface area contributed by atoms with Crippen LogP contribution in [0.5, 0.6) is 0 Å². The van der Waals surface area contributed by atoms with Crippen molar-refractivity contribution in [2.24, 2.45) is 0 Å². The molecule has 17 heavy (non-hydrogen) atoms. The molecular weight excluding hydrogens is 287 g/mol. The minimum atomic E-state index is -0.215. The van der Waals surface area contributed by atoms with Gasteiger partial charge in [-0.3, -0.25) is 4.79 Å².